The second-order valence-electron chi connectivity index (χ2n) is 5.26. The van der Waals surface area contributed by atoms with Crippen LogP contribution in [-0.2, 0) is 10.0 Å². The molecule has 7 heteroatoms. The molecule has 0 atom stereocenters. The predicted octanol–water partition coefficient (Wildman–Crippen LogP) is 4.45. The van der Waals surface area contributed by atoms with E-state index in [4.69, 9.17) is 11.6 Å². The summed E-state index contributed by atoms with van der Waals surface area (Å²) in [6.07, 6.45) is 1.45. The smallest absolute Gasteiger partial charge is 0.266 e. The van der Waals surface area contributed by atoms with Gasteiger partial charge in [0.2, 0.25) is 0 Å². The first-order valence-corrected chi connectivity index (χ1v) is 9.67. The van der Waals surface area contributed by atoms with Gasteiger partial charge in [-0.05, 0) is 49.2 Å². The van der Waals surface area contributed by atoms with Crippen LogP contribution in [0.1, 0.15) is 27.0 Å². The molecule has 0 saturated heterocycles. The second kappa shape index (κ2) is 7.51. The molecule has 1 N–H and O–H groups in total. The third kappa shape index (κ3) is 4.93. The fraction of sp³-hybridized carbons (Fsp3) is 0.118. The fourth-order valence-electron chi connectivity index (χ4n) is 2.07. The predicted molar refractivity (Wildman–Crippen MR) is 100 cm³/mol. The van der Waals surface area contributed by atoms with Crippen LogP contribution in [0.25, 0.3) is 6.08 Å². The van der Waals surface area contributed by atoms with Gasteiger partial charge >= 0.3 is 0 Å². The number of carbonyl (C=O) groups is 1. The lowest BCUT2D eigenvalue weighted by molar-refractivity contribution is 0.0982. The number of hydrogen-bond donors (Lipinski definition) is 1. The molecule has 0 fully saturated rings. The third-order valence-electron chi connectivity index (χ3n) is 3.26. The zero-order valence-electron chi connectivity index (χ0n) is 13.0. The van der Waals surface area contributed by atoms with Crippen molar-refractivity contribution < 1.29 is 13.2 Å². The maximum Gasteiger partial charge on any atom is 0.266 e. The monoisotopic (exact) mass is 427 g/mol. The maximum atomic E-state index is 12.1. The number of sulfonamides is 1. The first-order chi connectivity index (χ1) is 11.2. The van der Waals surface area contributed by atoms with Crippen molar-refractivity contribution in [2.75, 3.05) is 0 Å². The highest BCUT2D eigenvalue weighted by Gasteiger charge is 2.16. The van der Waals surface area contributed by atoms with Crippen molar-refractivity contribution >= 4 is 49.5 Å². The summed E-state index contributed by atoms with van der Waals surface area (Å²) < 4.78 is 26.8. The molecule has 0 aromatic heterocycles. The molecule has 0 aliphatic rings. The quantitative estimate of drug-likeness (QED) is 0.782. The molecule has 2 aromatic carbocycles. The van der Waals surface area contributed by atoms with Gasteiger partial charge < -0.3 is 0 Å². The standard InChI is InChI=1S/C17H15BrClNO3S/c1-11-3-4-13(12(2)9-11)7-8-24(22,23)20-17(21)15-6-5-14(18)10-16(15)19/h3-10H,1-2H3,(H,20,21). The summed E-state index contributed by atoms with van der Waals surface area (Å²) in [5.41, 5.74) is 2.89. The van der Waals surface area contributed by atoms with Crippen molar-refractivity contribution in [2.24, 2.45) is 0 Å². The Hall–Kier alpha value is -1.63. The minimum atomic E-state index is -3.93. The molecular formula is C17H15BrClNO3S. The largest absolute Gasteiger partial charge is 0.268 e. The van der Waals surface area contributed by atoms with Gasteiger partial charge in [0.15, 0.2) is 0 Å². The molecule has 0 saturated carbocycles. The zero-order valence-corrected chi connectivity index (χ0v) is 16.2. The van der Waals surface area contributed by atoms with E-state index in [2.05, 4.69) is 15.9 Å². The van der Waals surface area contributed by atoms with Crippen LogP contribution in [0.3, 0.4) is 0 Å². The summed E-state index contributed by atoms with van der Waals surface area (Å²) in [5.74, 6) is -0.780. The molecule has 126 valence electrons. The van der Waals surface area contributed by atoms with E-state index in [9.17, 15) is 13.2 Å². The summed E-state index contributed by atoms with van der Waals surface area (Å²) in [7, 11) is -3.93. The number of hydrogen-bond acceptors (Lipinski definition) is 3. The maximum absolute atomic E-state index is 12.1. The molecule has 2 aromatic rings. The minimum absolute atomic E-state index is 0.0864. The summed E-state index contributed by atoms with van der Waals surface area (Å²) in [6.45, 7) is 3.85. The molecule has 0 aliphatic carbocycles. The van der Waals surface area contributed by atoms with Gasteiger partial charge in [0.25, 0.3) is 15.9 Å². The van der Waals surface area contributed by atoms with Gasteiger partial charge in [-0.2, -0.15) is 0 Å². The van der Waals surface area contributed by atoms with Crippen LogP contribution < -0.4 is 4.72 Å². The number of rotatable bonds is 4. The van der Waals surface area contributed by atoms with Crippen molar-refractivity contribution in [2.45, 2.75) is 13.8 Å². The molecule has 2 rings (SSSR count). The Balaban J connectivity index is 2.18. The lowest BCUT2D eigenvalue weighted by atomic mass is 10.1. The SMILES string of the molecule is Cc1ccc(C=CS(=O)(=O)NC(=O)c2ccc(Br)cc2Cl)c(C)c1. The average molecular weight is 429 g/mol. The van der Waals surface area contributed by atoms with E-state index in [0.717, 1.165) is 22.1 Å². The number of halogens is 2. The highest BCUT2D eigenvalue weighted by atomic mass is 79.9. The molecule has 0 unspecified atom stereocenters. The van der Waals surface area contributed by atoms with E-state index < -0.39 is 15.9 Å². The van der Waals surface area contributed by atoms with Gasteiger partial charge in [0, 0.05) is 4.47 Å². The molecule has 0 radical (unpaired) electrons. The van der Waals surface area contributed by atoms with E-state index in [0.29, 0.717) is 4.47 Å². The van der Waals surface area contributed by atoms with Crippen LogP contribution in [0, 0.1) is 13.8 Å². The summed E-state index contributed by atoms with van der Waals surface area (Å²) >= 11 is 9.18. The number of nitrogens with one attached hydrogen (secondary N) is 1. The number of aryl methyl sites for hydroxylation is 2. The van der Waals surface area contributed by atoms with Gasteiger partial charge in [-0.1, -0.05) is 51.3 Å². The lowest BCUT2D eigenvalue weighted by Gasteiger charge is -2.06. The molecule has 0 spiro atoms. The Bertz CT molecular complexity index is 923. The van der Waals surface area contributed by atoms with Crippen molar-refractivity contribution in [3.05, 3.63) is 73.6 Å². The Morgan fingerprint density at radius 3 is 2.50 bits per heavy atom. The lowest BCUT2D eigenvalue weighted by Crippen LogP contribution is -2.29. The van der Waals surface area contributed by atoms with Crippen molar-refractivity contribution in [3.63, 3.8) is 0 Å². The summed E-state index contributed by atoms with van der Waals surface area (Å²) in [4.78, 5) is 12.1. The van der Waals surface area contributed by atoms with E-state index in [1.54, 1.807) is 6.07 Å². The summed E-state index contributed by atoms with van der Waals surface area (Å²) in [6, 6.07) is 10.2. The van der Waals surface area contributed by atoms with Crippen LogP contribution in [0.2, 0.25) is 5.02 Å². The van der Waals surface area contributed by atoms with Crippen molar-refractivity contribution in [1.29, 1.82) is 0 Å². The van der Waals surface area contributed by atoms with Gasteiger partial charge in [0.05, 0.1) is 16.0 Å². The highest BCUT2D eigenvalue weighted by Crippen LogP contribution is 2.21. The molecule has 0 heterocycles. The molecular weight excluding hydrogens is 414 g/mol. The van der Waals surface area contributed by atoms with Crippen LogP contribution in [-0.4, -0.2) is 14.3 Å². The highest BCUT2D eigenvalue weighted by molar-refractivity contribution is 9.10. The van der Waals surface area contributed by atoms with E-state index >= 15 is 0 Å². The van der Waals surface area contributed by atoms with Crippen LogP contribution in [0.4, 0.5) is 0 Å². The van der Waals surface area contributed by atoms with Crippen molar-refractivity contribution in [1.82, 2.24) is 4.72 Å². The Morgan fingerprint density at radius 2 is 1.88 bits per heavy atom. The Kier molecular flexibility index (Phi) is 5.85. The van der Waals surface area contributed by atoms with Crippen molar-refractivity contribution in [3.8, 4) is 0 Å². The van der Waals surface area contributed by atoms with E-state index in [-0.39, 0.29) is 10.6 Å². The van der Waals surface area contributed by atoms with Gasteiger partial charge in [-0.15, -0.1) is 0 Å². The van der Waals surface area contributed by atoms with E-state index in [1.165, 1.54) is 18.2 Å². The first-order valence-electron chi connectivity index (χ1n) is 6.95. The molecule has 0 bridgehead atoms. The normalized spacial score (nSPS) is 11.7. The van der Waals surface area contributed by atoms with Crippen LogP contribution >= 0.6 is 27.5 Å². The number of benzene rings is 2. The molecule has 0 aliphatic heterocycles. The Labute approximate surface area is 154 Å². The second-order valence-corrected chi connectivity index (χ2v) is 8.15. The summed E-state index contributed by atoms with van der Waals surface area (Å²) in [5, 5.41) is 1.13. The van der Waals surface area contributed by atoms with E-state index in [1.807, 2.05) is 36.8 Å². The number of amides is 1. The first kappa shape index (κ1) is 18.7. The zero-order chi connectivity index (χ0) is 17.9. The Morgan fingerprint density at radius 1 is 1.17 bits per heavy atom. The topological polar surface area (TPSA) is 63.2 Å². The number of carbonyl (C=O) groups excluding carboxylic acids is 1. The van der Waals surface area contributed by atoms with Gasteiger partial charge in [0.1, 0.15) is 0 Å². The van der Waals surface area contributed by atoms with Gasteiger partial charge in [-0.25, -0.2) is 13.1 Å². The average Bonchev–Trinajstić information content (AvgIpc) is 2.45. The molecule has 24 heavy (non-hydrogen) atoms. The third-order valence-corrected chi connectivity index (χ3v) is 5.03. The van der Waals surface area contributed by atoms with Crippen LogP contribution in [0.5, 0.6) is 0 Å². The minimum Gasteiger partial charge on any atom is -0.268 e. The van der Waals surface area contributed by atoms with Crippen LogP contribution in [0.15, 0.2) is 46.3 Å². The molecule has 4 nitrogen and oxygen atoms in total. The van der Waals surface area contributed by atoms with Gasteiger partial charge in [-0.3, -0.25) is 4.79 Å². The molecule has 1 amide bonds. The fourth-order valence-corrected chi connectivity index (χ4v) is 3.59.